The molecule has 0 unspecified atom stereocenters. The summed E-state index contributed by atoms with van der Waals surface area (Å²) in [4.78, 5) is 12.7. The smallest absolute Gasteiger partial charge is 0.238 e. The van der Waals surface area contributed by atoms with E-state index in [4.69, 9.17) is 4.74 Å². The number of aryl methyl sites for hydroxylation is 1. The number of phenols is 1. The van der Waals surface area contributed by atoms with E-state index < -0.39 is 0 Å². The lowest BCUT2D eigenvalue weighted by molar-refractivity contribution is -0.115. The molecule has 0 aliphatic carbocycles. The highest BCUT2D eigenvalue weighted by molar-refractivity contribution is 8.01. The number of amides is 1. The minimum Gasteiger partial charge on any atom is -0.504 e. The number of rotatable bonds is 3. The van der Waals surface area contributed by atoms with Crippen molar-refractivity contribution >= 4 is 23.5 Å². The fraction of sp³-hybridized carbons (Fsp3) is 0.238. The Balaban J connectivity index is 1.90. The van der Waals surface area contributed by atoms with Crippen LogP contribution in [0.1, 0.15) is 29.0 Å². The van der Waals surface area contributed by atoms with E-state index in [1.165, 1.54) is 31.0 Å². The average molecular weight is 413 g/mol. The Hall–Kier alpha value is -3.00. The molecular weight excluding hydrogens is 393 g/mol. The van der Waals surface area contributed by atoms with Gasteiger partial charge in [-0.2, -0.15) is 5.10 Å². The first kappa shape index (κ1) is 19.3. The van der Waals surface area contributed by atoms with E-state index in [0.717, 1.165) is 16.8 Å². The molecule has 2 aromatic carbocycles. The van der Waals surface area contributed by atoms with Crippen LogP contribution in [0.4, 0.5) is 10.2 Å². The Morgan fingerprint density at radius 2 is 1.97 bits per heavy atom. The molecule has 2 heterocycles. The van der Waals surface area contributed by atoms with Crippen molar-refractivity contribution in [3.63, 3.8) is 0 Å². The summed E-state index contributed by atoms with van der Waals surface area (Å²) in [7, 11) is 1.50. The molecule has 4 rings (SSSR count). The Labute approximate surface area is 171 Å². The van der Waals surface area contributed by atoms with Gasteiger partial charge in [0.15, 0.2) is 11.5 Å². The lowest BCUT2D eigenvalue weighted by Gasteiger charge is -2.18. The summed E-state index contributed by atoms with van der Waals surface area (Å²) >= 11 is 1.50. The molecule has 0 saturated heterocycles. The molecule has 1 aliphatic heterocycles. The van der Waals surface area contributed by atoms with Crippen LogP contribution in [-0.2, 0) is 4.79 Å². The minimum atomic E-state index is -0.342. The van der Waals surface area contributed by atoms with Gasteiger partial charge in [0.25, 0.3) is 0 Å². The largest absolute Gasteiger partial charge is 0.504 e. The number of phenolic OH excluding ortho intramolecular Hbond substituents is 1. The number of aromatic nitrogens is 2. The van der Waals surface area contributed by atoms with E-state index >= 15 is 0 Å². The second-order valence-corrected chi connectivity index (χ2v) is 8.27. The van der Waals surface area contributed by atoms with Crippen LogP contribution in [0.15, 0.2) is 42.5 Å². The zero-order valence-corrected chi connectivity index (χ0v) is 17.0. The summed E-state index contributed by atoms with van der Waals surface area (Å²) in [5, 5.41) is 17.0. The molecule has 6 nitrogen and oxygen atoms in total. The molecule has 1 aromatic heterocycles. The summed E-state index contributed by atoms with van der Waals surface area (Å²) in [6, 6.07) is 11.1. The van der Waals surface area contributed by atoms with Crippen LogP contribution < -0.4 is 10.1 Å². The van der Waals surface area contributed by atoms with Crippen LogP contribution in [0, 0.1) is 12.7 Å². The Bertz CT molecular complexity index is 1080. The zero-order valence-electron chi connectivity index (χ0n) is 16.1. The first-order valence-corrected chi connectivity index (χ1v) is 10.0. The molecule has 2 atom stereocenters. The average Bonchev–Trinajstić information content (AvgIpc) is 2.95. The summed E-state index contributed by atoms with van der Waals surface area (Å²) in [5.41, 5.74) is 3.15. The van der Waals surface area contributed by atoms with Crippen molar-refractivity contribution in [3.8, 4) is 17.2 Å². The van der Waals surface area contributed by atoms with Gasteiger partial charge >= 0.3 is 0 Å². The molecule has 0 bridgehead atoms. The quantitative estimate of drug-likeness (QED) is 0.673. The summed E-state index contributed by atoms with van der Waals surface area (Å²) in [5.74, 6) is 0.507. The standard InChI is InChI=1S/C21H20FN3O3S/c1-11-18-19(13-4-9-16(26)17(10-13)28-3)29-12(2)21(27)23-20(18)25(24-11)15-7-5-14(22)6-8-15/h4-10,12,19,26H,1-3H3,(H,23,27)/t12-,19+/m0/s1. The van der Waals surface area contributed by atoms with E-state index in [1.54, 1.807) is 28.9 Å². The highest BCUT2D eigenvalue weighted by Gasteiger charge is 2.34. The first-order chi connectivity index (χ1) is 13.9. The zero-order chi connectivity index (χ0) is 20.7. The number of halogens is 1. The minimum absolute atomic E-state index is 0.0519. The highest BCUT2D eigenvalue weighted by atomic mass is 32.2. The number of nitrogens with one attached hydrogen (secondary N) is 1. The Morgan fingerprint density at radius 1 is 1.24 bits per heavy atom. The molecule has 0 spiro atoms. The lowest BCUT2D eigenvalue weighted by atomic mass is 10.0. The maximum absolute atomic E-state index is 13.4. The van der Waals surface area contributed by atoms with Gasteiger partial charge < -0.3 is 15.2 Å². The predicted octanol–water partition coefficient (Wildman–Crippen LogP) is 4.20. The third-order valence-corrected chi connectivity index (χ3v) is 6.30. The number of aromatic hydroxyl groups is 1. The lowest BCUT2D eigenvalue weighted by Crippen LogP contribution is -2.22. The fourth-order valence-electron chi connectivity index (χ4n) is 3.40. The number of nitrogens with zero attached hydrogens (tertiary/aromatic N) is 2. The fourth-order valence-corrected chi connectivity index (χ4v) is 4.71. The Morgan fingerprint density at radius 3 is 2.66 bits per heavy atom. The van der Waals surface area contributed by atoms with Crippen molar-refractivity contribution in [2.45, 2.75) is 24.3 Å². The van der Waals surface area contributed by atoms with E-state index in [2.05, 4.69) is 10.4 Å². The van der Waals surface area contributed by atoms with E-state index in [9.17, 15) is 14.3 Å². The number of benzene rings is 2. The van der Waals surface area contributed by atoms with Gasteiger partial charge in [-0.25, -0.2) is 9.07 Å². The van der Waals surface area contributed by atoms with Crippen LogP contribution in [0.2, 0.25) is 0 Å². The number of fused-ring (bicyclic) bond motifs is 1. The van der Waals surface area contributed by atoms with Gasteiger partial charge in [-0.15, -0.1) is 11.8 Å². The van der Waals surface area contributed by atoms with Crippen LogP contribution in [-0.4, -0.2) is 33.2 Å². The predicted molar refractivity (Wildman–Crippen MR) is 110 cm³/mol. The van der Waals surface area contributed by atoms with Crippen LogP contribution >= 0.6 is 11.8 Å². The van der Waals surface area contributed by atoms with Crippen molar-refractivity contribution in [2.75, 3.05) is 12.4 Å². The van der Waals surface area contributed by atoms with Gasteiger partial charge in [0.05, 0.1) is 29.0 Å². The number of hydrogen-bond donors (Lipinski definition) is 2. The number of ether oxygens (including phenoxy) is 1. The number of methoxy groups -OCH3 is 1. The number of anilines is 1. The molecule has 0 fully saturated rings. The van der Waals surface area contributed by atoms with Crippen LogP contribution in [0.25, 0.3) is 5.69 Å². The molecule has 1 amide bonds. The van der Waals surface area contributed by atoms with Crippen molar-refractivity contribution < 1.29 is 19.0 Å². The highest BCUT2D eigenvalue weighted by Crippen LogP contribution is 2.47. The van der Waals surface area contributed by atoms with Gasteiger partial charge in [0.2, 0.25) is 5.91 Å². The van der Waals surface area contributed by atoms with E-state index in [-0.39, 0.29) is 28.0 Å². The second-order valence-electron chi connectivity index (χ2n) is 6.81. The first-order valence-electron chi connectivity index (χ1n) is 9.07. The normalized spacial score (nSPS) is 18.7. The van der Waals surface area contributed by atoms with Gasteiger partial charge in [-0.1, -0.05) is 6.07 Å². The third-order valence-electron chi connectivity index (χ3n) is 4.90. The number of carbonyl (C=O) groups excluding carboxylic acids is 1. The van der Waals surface area contributed by atoms with Crippen LogP contribution in [0.5, 0.6) is 11.5 Å². The van der Waals surface area contributed by atoms with Crippen LogP contribution in [0.3, 0.4) is 0 Å². The molecule has 29 heavy (non-hydrogen) atoms. The number of thioether (sulfide) groups is 1. The van der Waals surface area contributed by atoms with Gasteiger partial charge in [0, 0.05) is 5.56 Å². The maximum Gasteiger partial charge on any atom is 0.238 e. The van der Waals surface area contributed by atoms with Gasteiger partial charge in [-0.05, 0) is 55.8 Å². The maximum atomic E-state index is 13.4. The number of carbonyl (C=O) groups is 1. The molecule has 0 radical (unpaired) electrons. The van der Waals surface area contributed by atoms with Crippen molar-refractivity contribution in [1.82, 2.24) is 9.78 Å². The topological polar surface area (TPSA) is 76.4 Å². The third kappa shape index (κ3) is 3.44. The number of hydrogen-bond acceptors (Lipinski definition) is 5. The van der Waals surface area contributed by atoms with Crippen molar-refractivity contribution in [1.29, 1.82) is 0 Å². The van der Waals surface area contributed by atoms with Gasteiger partial charge in [-0.3, -0.25) is 4.79 Å². The van der Waals surface area contributed by atoms with Gasteiger partial charge in [0.1, 0.15) is 11.6 Å². The van der Waals surface area contributed by atoms with Crippen molar-refractivity contribution in [2.24, 2.45) is 0 Å². The second kappa shape index (κ2) is 7.44. The molecule has 3 aromatic rings. The summed E-state index contributed by atoms with van der Waals surface area (Å²) in [6.45, 7) is 3.73. The van der Waals surface area contributed by atoms with E-state index in [0.29, 0.717) is 17.3 Å². The molecule has 0 saturated carbocycles. The summed E-state index contributed by atoms with van der Waals surface area (Å²) < 4.78 is 20.3. The molecule has 1 aliphatic rings. The summed E-state index contributed by atoms with van der Waals surface area (Å²) in [6.07, 6.45) is 0. The van der Waals surface area contributed by atoms with Crippen molar-refractivity contribution in [3.05, 3.63) is 65.1 Å². The molecular formula is C21H20FN3O3S. The molecule has 150 valence electrons. The molecule has 2 N–H and O–H groups in total. The van der Waals surface area contributed by atoms with E-state index in [1.807, 2.05) is 19.9 Å². The molecule has 8 heteroatoms. The SMILES string of the molecule is COc1cc([C@H]2S[C@@H](C)C(=O)Nc3c2c(C)nn3-c2ccc(F)cc2)ccc1O. The monoisotopic (exact) mass is 413 g/mol. The Kier molecular flexibility index (Phi) is 4.96.